The lowest BCUT2D eigenvalue weighted by molar-refractivity contribution is 0.0596. The molecule has 1 aromatic heterocycles. The molecule has 78 valence electrons. The van der Waals surface area contributed by atoms with Crippen LogP contribution in [0, 0.1) is 13.8 Å². The molecule has 0 aliphatic rings. The molecule has 0 fully saturated rings. The summed E-state index contributed by atoms with van der Waals surface area (Å²) in [4.78, 5) is 11.4. The van der Waals surface area contributed by atoms with E-state index in [0.717, 1.165) is 11.4 Å². The van der Waals surface area contributed by atoms with Crippen molar-refractivity contribution in [2.24, 2.45) is 7.05 Å². The van der Waals surface area contributed by atoms with Gasteiger partial charge < -0.3 is 14.4 Å². The van der Waals surface area contributed by atoms with E-state index in [1.54, 1.807) is 0 Å². The predicted octanol–water partition coefficient (Wildman–Crippen LogP) is 0.921. The Kier molecular flexibility index (Phi) is 2.96. The molecule has 0 saturated heterocycles. The zero-order chi connectivity index (χ0) is 10.9. The van der Waals surface area contributed by atoms with E-state index in [1.807, 2.05) is 25.5 Å². The van der Waals surface area contributed by atoms with Crippen molar-refractivity contribution in [2.45, 2.75) is 20.5 Å². The van der Waals surface area contributed by atoms with Gasteiger partial charge in [0.2, 0.25) is 0 Å². The van der Waals surface area contributed by atoms with Gasteiger partial charge in [-0.1, -0.05) is 0 Å². The summed E-state index contributed by atoms with van der Waals surface area (Å²) in [5, 5.41) is 9.16. The number of hydrogen-bond donors (Lipinski definition) is 1. The number of ether oxygens (including phenoxy) is 1. The summed E-state index contributed by atoms with van der Waals surface area (Å²) in [5.74, 6) is -0.393. The summed E-state index contributed by atoms with van der Waals surface area (Å²) in [7, 11) is 3.20. The Balaban J connectivity index is 3.40. The predicted molar refractivity (Wildman–Crippen MR) is 52.1 cm³/mol. The second-order valence-electron chi connectivity index (χ2n) is 3.23. The Morgan fingerprint density at radius 1 is 1.43 bits per heavy atom. The highest BCUT2D eigenvalue weighted by Crippen LogP contribution is 2.21. The van der Waals surface area contributed by atoms with Crippen LogP contribution >= 0.6 is 0 Å². The van der Waals surface area contributed by atoms with Crippen LogP contribution in [0.15, 0.2) is 0 Å². The number of aliphatic hydroxyl groups excluding tert-OH is 1. The molecular weight excluding hydrogens is 182 g/mol. The fraction of sp³-hybridized carbons (Fsp3) is 0.500. The van der Waals surface area contributed by atoms with Crippen LogP contribution in [0.3, 0.4) is 0 Å². The SMILES string of the molecule is COC(=O)c1c(CO)c(C)n(C)c1C. The lowest BCUT2D eigenvalue weighted by atomic mass is 10.1. The van der Waals surface area contributed by atoms with Crippen molar-refractivity contribution >= 4 is 5.97 Å². The first kappa shape index (κ1) is 10.8. The molecule has 0 aliphatic heterocycles. The number of rotatable bonds is 2. The molecule has 0 aromatic carbocycles. The summed E-state index contributed by atoms with van der Waals surface area (Å²) < 4.78 is 6.54. The molecule has 1 heterocycles. The topological polar surface area (TPSA) is 51.5 Å². The number of aliphatic hydroxyl groups is 1. The highest BCUT2D eigenvalue weighted by molar-refractivity contribution is 5.92. The van der Waals surface area contributed by atoms with E-state index in [1.165, 1.54) is 7.11 Å². The Hall–Kier alpha value is -1.29. The van der Waals surface area contributed by atoms with Gasteiger partial charge in [-0.25, -0.2) is 4.79 Å². The molecular formula is C10H15NO3. The molecule has 0 radical (unpaired) electrons. The van der Waals surface area contributed by atoms with Crippen molar-refractivity contribution in [1.82, 2.24) is 4.57 Å². The maximum Gasteiger partial charge on any atom is 0.340 e. The zero-order valence-electron chi connectivity index (χ0n) is 8.92. The minimum absolute atomic E-state index is 0.141. The Bertz CT molecular complexity index is 366. The second kappa shape index (κ2) is 3.84. The first-order valence-electron chi connectivity index (χ1n) is 4.38. The van der Waals surface area contributed by atoms with Crippen LogP contribution in [0.5, 0.6) is 0 Å². The average Bonchev–Trinajstić information content (AvgIpc) is 2.41. The zero-order valence-corrected chi connectivity index (χ0v) is 8.92. The van der Waals surface area contributed by atoms with E-state index in [9.17, 15) is 4.79 Å². The van der Waals surface area contributed by atoms with Crippen molar-refractivity contribution in [3.8, 4) is 0 Å². The molecule has 0 spiro atoms. The third kappa shape index (κ3) is 1.42. The summed E-state index contributed by atoms with van der Waals surface area (Å²) in [6, 6.07) is 0. The van der Waals surface area contributed by atoms with Crippen molar-refractivity contribution < 1.29 is 14.6 Å². The monoisotopic (exact) mass is 197 g/mol. The molecule has 0 unspecified atom stereocenters. The third-order valence-electron chi connectivity index (χ3n) is 2.65. The minimum Gasteiger partial charge on any atom is -0.465 e. The van der Waals surface area contributed by atoms with Gasteiger partial charge in [0.15, 0.2) is 0 Å². The van der Waals surface area contributed by atoms with E-state index in [-0.39, 0.29) is 6.61 Å². The number of esters is 1. The fourth-order valence-electron chi connectivity index (χ4n) is 1.59. The lowest BCUT2D eigenvalue weighted by Gasteiger charge is -2.00. The van der Waals surface area contributed by atoms with Gasteiger partial charge in [0.25, 0.3) is 0 Å². The van der Waals surface area contributed by atoms with Gasteiger partial charge in [0.1, 0.15) is 0 Å². The number of aromatic nitrogens is 1. The van der Waals surface area contributed by atoms with E-state index in [4.69, 9.17) is 5.11 Å². The van der Waals surface area contributed by atoms with Crippen LogP contribution in [-0.2, 0) is 18.4 Å². The number of carbonyl (C=O) groups excluding carboxylic acids is 1. The van der Waals surface area contributed by atoms with Crippen LogP contribution in [0.25, 0.3) is 0 Å². The van der Waals surface area contributed by atoms with Gasteiger partial charge in [0.05, 0.1) is 19.3 Å². The van der Waals surface area contributed by atoms with Crippen LogP contribution in [-0.4, -0.2) is 22.8 Å². The molecule has 0 bridgehead atoms. The number of methoxy groups -OCH3 is 1. The molecule has 0 aliphatic carbocycles. The molecule has 0 atom stereocenters. The minimum atomic E-state index is -0.393. The van der Waals surface area contributed by atoms with Crippen LogP contribution < -0.4 is 0 Å². The van der Waals surface area contributed by atoms with Crippen LogP contribution in [0.4, 0.5) is 0 Å². The summed E-state index contributed by atoms with van der Waals surface area (Å²) in [5.41, 5.74) is 2.84. The number of hydrogen-bond acceptors (Lipinski definition) is 3. The van der Waals surface area contributed by atoms with E-state index < -0.39 is 5.97 Å². The first-order chi connectivity index (χ1) is 6.54. The maximum atomic E-state index is 11.4. The Morgan fingerprint density at radius 3 is 2.43 bits per heavy atom. The molecule has 1 rings (SSSR count). The van der Waals surface area contributed by atoms with Crippen LogP contribution in [0.1, 0.15) is 27.3 Å². The summed E-state index contributed by atoms with van der Waals surface area (Å²) in [6.07, 6.45) is 0. The second-order valence-corrected chi connectivity index (χ2v) is 3.23. The standard InChI is InChI=1S/C10H15NO3/c1-6-8(5-12)9(10(13)14-4)7(2)11(6)3/h12H,5H2,1-4H3. The number of carbonyl (C=O) groups is 1. The van der Waals surface area contributed by atoms with Gasteiger partial charge >= 0.3 is 5.97 Å². The van der Waals surface area contributed by atoms with Crippen molar-refractivity contribution in [3.05, 3.63) is 22.5 Å². The molecule has 0 saturated carbocycles. The van der Waals surface area contributed by atoms with E-state index in [0.29, 0.717) is 11.1 Å². The van der Waals surface area contributed by atoms with Gasteiger partial charge in [0, 0.05) is 24.0 Å². The quantitative estimate of drug-likeness (QED) is 0.717. The largest absolute Gasteiger partial charge is 0.465 e. The summed E-state index contributed by atoms with van der Waals surface area (Å²) >= 11 is 0. The third-order valence-corrected chi connectivity index (χ3v) is 2.65. The van der Waals surface area contributed by atoms with E-state index >= 15 is 0 Å². The molecule has 4 heteroatoms. The molecule has 0 amide bonds. The molecule has 1 aromatic rings. The average molecular weight is 197 g/mol. The van der Waals surface area contributed by atoms with Gasteiger partial charge in [-0.05, 0) is 13.8 Å². The van der Waals surface area contributed by atoms with Crippen molar-refractivity contribution in [1.29, 1.82) is 0 Å². The smallest absolute Gasteiger partial charge is 0.340 e. The molecule has 14 heavy (non-hydrogen) atoms. The lowest BCUT2D eigenvalue weighted by Crippen LogP contribution is -2.05. The van der Waals surface area contributed by atoms with Gasteiger partial charge in [-0.2, -0.15) is 0 Å². The van der Waals surface area contributed by atoms with Gasteiger partial charge in [-0.3, -0.25) is 0 Å². The Labute approximate surface area is 83.1 Å². The fourth-order valence-corrected chi connectivity index (χ4v) is 1.59. The molecule has 4 nitrogen and oxygen atoms in total. The maximum absolute atomic E-state index is 11.4. The van der Waals surface area contributed by atoms with E-state index in [2.05, 4.69) is 4.74 Å². The van der Waals surface area contributed by atoms with Crippen molar-refractivity contribution in [3.63, 3.8) is 0 Å². The van der Waals surface area contributed by atoms with Crippen molar-refractivity contribution in [2.75, 3.05) is 7.11 Å². The highest BCUT2D eigenvalue weighted by atomic mass is 16.5. The Morgan fingerprint density at radius 2 is 2.00 bits per heavy atom. The number of nitrogens with zero attached hydrogens (tertiary/aromatic N) is 1. The molecule has 1 N–H and O–H groups in total. The highest BCUT2D eigenvalue weighted by Gasteiger charge is 2.21. The normalized spacial score (nSPS) is 10.4. The first-order valence-corrected chi connectivity index (χ1v) is 4.38. The van der Waals surface area contributed by atoms with Crippen LogP contribution in [0.2, 0.25) is 0 Å². The van der Waals surface area contributed by atoms with Gasteiger partial charge in [-0.15, -0.1) is 0 Å². The summed E-state index contributed by atoms with van der Waals surface area (Å²) in [6.45, 7) is 3.56.